The van der Waals surface area contributed by atoms with Gasteiger partial charge in [0.1, 0.15) is 0 Å². The molecule has 2 heterocycles. The number of carbonyl (C=O) groups excluding carboxylic acids is 1. The molecule has 1 aromatic heterocycles. The molecule has 15 heavy (non-hydrogen) atoms. The maximum atomic E-state index is 12.1. The van der Waals surface area contributed by atoms with Crippen LogP contribution in [0, 0.1) is 13.8 Å². The third-order valence-corrected chi connectivity index (χ3v) is 3.83. The molecule has 1 aliphatic heterocycles. The molecule has 0 spiro atoms. The molecule has 0 radical (unpaired) electrons. The quantitative estimate of drug-likeness (QED) is 0.730. The molecule has 1 aromatic rings. The molecule has 0 saturated carbocycles. The van der Waals surface area contributed by atoms with E-state index in [1.807, 2.05) is 17.2 Å². The van der Waals surface area contributed by atoms with E-state index in [0.29, 0.717) is 26.3 Å². The Morgan fingerprint density at radius 3 is 2.60 bits per heavy atom. The van der Waals surface area contributed by atoms with Gasteiger partial charge in [0.05, 0.1) is 18.8 Å². The number of hydrogen-bond donors (Lipinski definition) is 0. The van der Waals surface area contributed by atoms with E-state index in [-0.39, 0.29) is 5.91 Å². The van der Waals surface area contributed by atoms with Crippen molar-refractivity contribution in [2.24, 2.45) is 0 Å². The van der Waals surface area contributed by atoms with Crippen LogP contribution in [0.25, 0.3) is 0 Å². The Labute approximate surface area is 93.7 Å². The maximum Gasteiger partial charge on any atom is 0.255 e. The number of ether oxygens (including phenoxy) is 1. The number of amides is 1. The molecule has 4 heteroatoms. The number of thiophene rings is 1. The molecule has 2 rings (SSSR count). The zero-order valence-electron chi connectivity index (χ0n) is 9.08. The topological polar surface area (TPSA) is 29.5 Å². The predicted octanol–water partition coefficient (Wildman–Crippen LogP) is 1.84. The van der Waals surface area contributed by atoms with Crippen LogP contribution in [0.1, 0.15) is 20.8 Å². The highest BCUT2D eigenvalue weighted by atomic mass is 32.1. The summed E-state index contributed by atoms with van der Waals surface area (Å²) in [6, 6.07) is 0. The highest BCUT2D eigenvalue weighted by molar-refractivity contribution is 7.10. The Balaban J connectivity index is 2.16. The van der Waals surface area contributed by atoms with Crippen LogP contribution in [0.5, 0.6) is 0 Å². The second-order valence-electron chi connectivity index (χ2n) is 3.74. The van der Waals surface area contributed by atoms with Crippen molar-refractivity contribution in [1.82, 2.24) is 4.90 Å². The number of hydrogen-bond acceptors (Lipinski definition) is 3. The van der Waals surface area contributed by atoms with E-state index in [1.165, 1.54) is 4.88 Å². The number of nitrogens with zero attached hydrogens (tertiary/aromatic N) is 1. The van der Waals surface area contributed by atoms with Crippen molar-refractivity contribution in [3.63, 3.8) is 0 Å². The van der Waals surface area contributed by atoms with Crippen LogP contribution < -0.4 is 0 Å². The largest absolute Gasteiger partial charge is 0.378 e. The van der Waals surface area contributed by atoms with Gasteiger partial charge in [-0.1, -0.05) is 0 Å². The summed E-state index contributed by atoms with van der Waals surface area (Å²) in [7, 11) is 0. The second-order valence-corrected chi connectivity index (χ2v) is 4.82. The molecule has 0 N–H and O–H groups in total. The second kappa shape index (κ2) is 4.33. The average Bonchev–Trinajstić information content (AvgIpc) is 2.60. The molecular formula is C11H15NO2S. The molecule has 1 amide bonds. The van der Waals surface area contributed by atoms with Gasteiger partial charge >= 0.3 is 0 Å². The summed E-state index contributed by atoms with van der Waals surface area (Å²) in [5, 5.41) is 1.96. The van der Waals surface area contributed by atoms with Crippen molar-refractivity contribution in [3.8, 4) is 0 Å². The molecular weight excluding hydrogens is 210 g/mol. The number of morpholine rings is 1. The lowest BCUT2D eigenvalue weighted by Crippen LogP contribution is -2.40. The fourth-order valence-corrected chi connectivity index (χ4v) is 2.52. The summed E-state index contributed by atoms with van der Waals surface area (Å²) >= 11 is 1.64. The van der Waals surface area contributed by atoms with Gasteiger partial charge < -0.3 is 9.64 Å². The Bertz CT molecular complexity index is 367. The third kappa shape index (κ3) is 2.06. The van der Waals surface area contributed by atoms with Crippen molar-refractivity contribution in [3.05, 3.63) is 21.4 Å². The van der Waals surface area contributed by atoms with Gasteiger partial charge in [0.15, 0.2) is 0 Å². The molecule has 3 nitrogen and oxygen atoms in total. The van der Waals surface area contributed by atoms with Crippen LogP contribution in [0.4, 0.5) is 0 Å². The standard InChI is InChI=1S/C11H15NO2S/c1-8-9(2)15-7-10(8)11(13)12-3-5-14-6-4-12/h7H,3-6H2,1-2H3. The van der Waals surface area contributed by atoms with Crippen LogP contribution in [-0.2, 0) is 4.74 Å². The minimum absolute atomic E-state index is 0.153. The lowest BCUT2D eigenvalue weighted by molar-refractivity contribution is 0.0302. The number of carbonyl (C=O) groups is 1. The van der Waals surface area contributed by atoms with Crippen LogP contribution in [-0.4, -0.2) is 37.1 Å². The maximum absolute atomic E-state index is 12.1. The van der Waals surface area contributed by atoms with Crippen LogP contribution >= 0.6 is 11.3 Å². The van der Waals surface area contributed by atoms with Crippen LogP contribution in [0.3, 0.4) is 0 Å². The summed E-state index contributed by atoms with van der Waals surface area (Å²) in [6.07, 6.45) is 0. The monoisotopic (exact) mass is 225 g/mol. The van der Waals surface area contributed by atoms with Gasteiger partial charge in [0.2, 0.25) is 0 Å². The first kappa shape index (κ1) is 10.6. The number of aryl methyl sites for hydroxylation is 1. The summed E-state index contributed by atoms with van der Waals surface area (Å²) in [4.78, 5) is 15.2. The highest BCUT2D eigenvalue weighted by Gasteiger charge is 2.21. The van der Waals surface area contributed by atoms with E-state index >= 15 is 0 Å². The smallest absolute Gasteiger partial charge is 0.255 e. The first-order valence-electron chi connectivity index (χ1n) is 5.12. The zero-order valence-corrected chi connectivity index (χ0v) is 9.89. The molecule has 0 bridgehead atoms. The van der Waals surface area contributed by atoms with Gasteiger partial charge in [-0.3, -0.25) is 4.79 Å². The molecule has 82 valence electrons. The molecule has 0 aliphatic carbocycles. The predicted molar refractivity (Wildman–Crippen MR) is 60.5 cm³/mol. The Morgan fingerprint density at radius 2 is 2.07 bits per heavy atom. The van der Waals surface area contributed by atoms with E-state index in [0.717, 1.165) is 11.1 Å². The van der Waals surface area contributed by atoms with E-state index in [4.69, 9.17) is 4.74 Å². The molecule has 1 aliphatic rings. The van der Waals surface area contributed by atoms with Gasteiger partial charge in [-0.2, -0.15) is 0 Å². The minimum Gasteiger partial charge on any atom is -0.378 e. The lowest BCUT2D eigenvalue weighted by Gasteiger charge is -2.26. The Hall–Kier alpha value is -0.870. The Kier molecular flexibility index (Phi) is 3.07. The van der Waals surface area contributed by atoms with Crippen LogP contribution in [0.2, 0.25) is 0 Å². The molecule has 0 unspecified atom stereocenters. The van der Waals surface area contributed by atoms with Crippen molar-refractivity contribution in [2.45, 2.75) is 13.8 Å². The lowest BCUT2D eigenvalue weighted by atomic mass is 10.1. The van der Waals surface area contributed by atoms with E-state index in [1.54, 1.807) is 11.3 Å². The van der Waals surface area contributed by atoms with Gasteiger partial charge in [-0.15, -0.1) is 11.3 Å². The van der Waals surface area contributed by atoms with E-state index < -0.39 is 0 Å². The van der Waals surface area contributed by atoms with Gasteiger partial charge in [-0.05, 0) is 19.4 Å². The summed E-state index contributed by atoms with van der Waals surface area (Å²) in [5.74, 6) is 0.153. The van der Waals surface area contributed by atoms with Crippen molar-refractivity contribution in [1.29, 1.82) is 0 Å². The fourth-order valence-electron chi connectivity index (χ4n) is 1.66. The molecule has 1 saturated heterocycles. The van der Waals surface area contributed by atoms with Gasteiger partial charge in [0, 0.05) is 23.3 Å². The Morgan fingerprint density at radius 1 is 1.40 bits per heavy atom. The first-order chi connectivity index (χ1) is 7.20. The third-order valence-electron chi connectivity index (χ3n) is 2.81. The summed E-state index contributed by atoms with van der Waals surface area (Å²) < 4.78 is 5.23. The molecule has 0 aromatic carbocycles. The first-order valence-corrected chi connectivity index (χ1v) is 6.00. The normalized spacial score (nSPS) is 16.8. The highest BCUT2D eigenvalue weighted by Crippen LogP contribution is 2.22. The molecule has 0 atom stereocenters. The van der Waals surface area contributed by atoms with Gasteiger partial charge in [0.25, 0.3) is 5.91 Å². The van der Waals surface area contributed by atoms with Crippen molar-refractivity contribution >= 4 is 17.2 Å². The molecule has 1 fully saturated rings. The zero-order chi connectivity index (χ0) is 10.8. The number of rotatable bonds is 1. The van der Waals surface area contributed by atoms with Crippen molar-refractivity contribution < 1.29 is 9.53 Å². The minimum atomic E-state index is 0.153. The van der Waals surface area contributed by atoms with E-state index in [9.17, 15) is 4.79 Å². The van der Waals surface area contributed by atoms with Gasteiger partial charge in [-0.25, -0.2) is 0 Å². The fraction of sp³-hybridized carbons (Fsp3) is 0.545. The van der Waals surface area contributed by atoms with E-state index in [2.05, 4.69) is 6.92 Å². The SMILES string of the molecule is Cc1scc(C(=O)N2CCOCC2)c1C. The average molecular weight is 225 g/mol. The summed E-state index contributed by atoms with van der Waals surface area (Å²) in [6.45, 7) is 6.82. The van der Waals surface area contributed by atoms with Crippen molar-refractivity contribution in [2.75, 3.05) is 26.3 Å². The summed E-state index contributed by atoms with van der Waals surface area (Å²) in [5.41, 5.74) is 1.98. The van der Waals surface area contributed by atoms with Crippen LogP contribution in [0.15, 0.2) is 5.38 Å².